The highest BCUT2D eigenvalue weighted by Gasteiger charge is 2.35. The summed E-state index contributed by atoms with van der Waals surface area (Å²) in [6, 6.07) is 10.6. The van der Waals surface area contributed by atoms with Crippen LogP contribution >= 0.6 is 23.1 Å². The van der Waals surface area contributed by atoms with Crippen molar-refractivity contribution in [1.29, 1.82) is 0 Å². The molecule has 1 amide bonds. The number of fused-ring (bicyclic) bond motifs is 1. The molecular formula is C18H18N4OS2. The van der Waals surface area contributed by atoms with Crippen molar-refractivity contribution in [3.63, 3.8) is 0 Å². The first-order valence-corrected chi connectivity index (χ1v) is 10.2. The molecule has 5 nitrogen and oxygen atoms in total. The van der Waals surface area contributed by atoms with E-state index in [1.54, 1.807) is 11.8 Å². The molecule has 0 atom stereocenters. The largest absolute Gasteiger partial charge is 0.284 e. The van der Waals surface area contributed by atoms with Gasteiger partial charge >= 0.3 is 0 Å². The summed E-state index contributed by atoms with van der Waals surface area (Å²) in [7, 11) is 0. The lowest BCUT2D eigenvalue weighted by molar-refractivity contribution is -0.118. The van der Waals surface area contributed by atoms with E-state index >= 15 is 0 Å². The molecule has 7 heteroatoms. The number of hydrogen-bond donors (Lipinski definition) is 0. The van der Waals surface area contributed by atoms with Gasteiger partial charge in [-0.1, -0.05) is 54.3 Å². The zero-order valence-corrected chi connectivity index (χ0v) is 15.5. The summed E-state index contributed by atoms with van der Waals surface area (Å²) < 4.78 is 0.887. The normalized spacial score (nSPS) is 14.0. The number of rotatable bonds is 6. The molecule has 0 bridgehead atoms. The number of aromatic nitrogens is 3. The summed E-state index contributed by atoms with van der Waals surface area (Å²) in [5.41, 5.74) is 2.21. The van der Waals surface area contributed by atoms with Crippen LogP contribution in [-0.2, 0) is 10.5 Å². The van der Waals surface area contributed by atoms with E-state index in [1.165, 1.54) is 16.9 Å². The van der Waals surface area contributed by atoms with Crippen molar-refractivity contribution in [2.45, 2.75) is 42.3 Å². The molecule has 1 aliphatic rings. The number of carbonyl (C=O) groups is 1. The number of nitrogens with zero attached hydrogens (tertiary/aromatic N) is 4. The van der Waals surface area contributed by atoms with Gasteiger partial charge < -0.3 is 0 Å². The topological polar surface area (TPSA) is 59.0 Å². The first-order valence-electron chi connectivity index (χ1n) is 8.37. The Morgan fingerprint density at radius 3 is 2.92 bits per heavy atom. The standard InChI is InChI=1S/C18H18N4OS2/c1-2-15(23)22(14-8-9-14)17-20-21-18(25-17)24-11-13-6-3-5-12-7-4-10-19-16(12)13/h3-7,10,14H,2,8-9,11H2,1H3. The quantitative estimate of drug-likeness (QED) is 0.479. The third-order valence-corrected chi connectivity index (χ3v) is 6.26. The zero-order valence-electron chi connectivity index (χ0n) is 13.9. The van der Waals surface area contributed by atoms with E-state index in [2.05, 4.69) is 39.4 Å². The van der Waals surface area contributed by atoms with Crippen LogP contribution in [0.3, 0.4) is 0 Å². The molecule has 0 N–H and O–H groups in total. The molecule has 0 spiro atoms. The first-order chi connectivity index (χ1) is 12.3. The molecule has 1 saturated carbocycles. The second-order valence-corrected chi connectivity index (χ2v) is 8.16. The average molecular weight is 371 g/mol. The van der Waals surface area contributed by atoms with Crippen LogP contribution in [0.4, 0.5) is 5.13 Å². The summed E-state index contributed by atoms with van der Waals surface area (Å²) in [6.07, 6.45) is 4.45. The fourth-order valence-corrected chi connectivity index (χ4v) is 4.67. The highest BCUT2D eigenvalue weighted by atomic mass is 32.2. The number of para-hydroxylation sites is 1. The van der Waals surface area contributed by atoms with Gasteiger partial charge in [-0.3, -0.25) is 14.7 Å². The van der Waals surface area contributed by atoms with Crippen molar-refractivity contribution < 1.29 is 4.79 Å². The molecule has 0 radical (unpaired) electrons. The lowest BCUT2D eigenvalue weighted by atomic mass is 10.1. The Balaban J connectivity index is 1.50. The minimum atomic E-state index is 0.133. The summed E-state index contributed by atoms with van der Waals surface area (Å²) in [5.74, 6) is 0.919. The summed E-state index contributed by atoms with van der Waals surface area (Å²) in [4.78, 5) is 18.5. The van der Waals surface area contributed by atoms with Crippen LogP contribution in [0, 0.1) is 0 Å². The summed E-state index contributed by atoms with van der Waals surface area (Å²) >= 11 is 3.15. The van der Waals surface area contributed by atoms with E-state index < -0.39 is 0 Å². The number of anilines is 1. The Morgan fingerprint density at radius 2 is 2.12 bits per heavy atom. The predicted molar refractivity (Wildman–Crippen MR) is 102 cm³/mol. The van der Waals surface area contributed by atoms with Gasteiger partial charge in [-0.2, -0.15) is 0 Å². The van der Waals surface area contributed by atoms with Gasteiger partial charge in [0.05, 0.1) is 5.52 Å². The molecule has 0 saturated heterocycles. The van der Waals surface area contributed by atoms with E-state index in [1.807, 2.05) is 24.1 Å². The Labute approximate surface area is 154 Å². The molecule has 2 aromatic heterocycles. The lowest BCUT2D eigenvalue weighted by Gasteiger charge is -2.17. The number of benzene rings is 1. The lowest BCUT2D eigenvalue weighted by Crippen LogP contribution is -2.32. The molecule has 3 aromatic rings. The van der Waals surface area contributed by atoms with Crippen molar-refractivity contribution in [3.05, 3.63) is 42.1 Å². The maximum absolute atomic E-state index is 12.2. The molecule has 128 valence electrons. The van der Waals surface area contributed by atoms with Crippen LogP contribution in [0.5, 0.6) is 0 Å². The Hall–Kier alpha value is -1.99. The monoisotopic (exact) mass is 370 g/mol. The van der Waals surface area contributed by atoms with Crippen molar-refractivity contribution in [1.82, 2.24) is 15.2 Å². The number of amides is 1. The Bertz CT molecular complexity index is 901. The third-order valence-electron chi connectivity index (χ3n) is 4.15. The van der Waals surface area contributed by atoms with Gasteiger partial charge in [-0.15, -0.1) is 10.2 Å². The van der Waals surface area contributed by atoms with Crippen molar-refractivity contribution >= 4 is 45.0 Å². The SMILES string of the molecule is CCC(=O)N(c1nnc(SCc2cccc3cccnc23)s1)C1CC1. The van der Waals surface area contributed by atoms with Crippen LogP contribution in [0.25, 0.3) is 10.9 Å². The van der Waals surface area contributed by atoms with Crippen molar-refractivity contribution in [3.8, 4) is 0 Å². The smallest absolute Gasteiger partial charge is 0.228 e. The van der Waals surface area contributed by atoms with Gasteiger partial charge in [-0.25, -0.2) is 0 Å². The average Bonchev–Trinajstić information content (AvgIpc) is 3.37. The first kappa shape index (κ1) is 16.5. The van der Waals surface area contributed by atoms with Crippen molar-refractivity contribution in [2.24, 2.45) is 0 Å². The minimum Gasteiger partial charge on any atom is -0.284 e. The fraction of sp³-hybridized carbons (Fsp3) is 0.333. The Kier molecular flexibility index (Phi) is 4.67. The van der Waals surface area contributed by atoms with Crippen LogP contribution in [-0.4, -0.2) is 27.1 Å². The molecule has 2 heterocycles. The second-order valence-electron chi connectivity index (χ2n) is 5.98. The maximum atomic E-state index is 12.2. The molecule has 0 unspecified atom stereocenters. The maximum Gasteiger partial charge on any atom is 0.228 e. The zero-order chi connectivity index (χ0) is 17.2. The number of hydrogen-bond acceptors (Lipinski definition) is 6. The highest BCUT2D eigenvalue weighted by Crippen LogP contribution is 2.37. The second kappa shape index (κ2) is 7.09. The van der Waals surface area contributed by atoms with Crippen LogP contribution < -0.4 is 4.90 Å². The van der Waals surface area contributed by atoms with E-state index in [4.69, 9.17) is 0 Å². The van der Waals surface area contributed by atoms with Gasteiger partial charge in [0, 0.05) is 29.8 Å². The number of thioether (sulfide) groups is 1. The van der Waals surface area contributed by atoms with E-state index in [0.29, 0.717) is 12.5 Å². The van der Waals surface area contributed by atoms with Gasteiger partial charge in [0.1, 0.15) is 0 Å². The number of carbonyl (C=O) groups excluding carboxylic acids is 1. The Morgan fingerprint density at radius 1 is 1.28 bits per heavy atom. The van der Waals surface area contributed by atoms with Gasteiger partial charge in [0.15, 0.2) is 4.34 Å². The third kappa shape index (κ3) is 3.52. The van der Waals surface area contributed by atoms with E-state index in [9.17, 15) is 4.79 Å². The van der Waals surface area contributed by atoms with Gasteiger partial charge in [0.25, 0.3) is 0 Å². The molecular weight excluding hydrogens is 352 g/mol. The minimum absolute atomic E-state index is 0.133. The van der Waals surface area contributed by atoms with Gasteiger partial charge in [0.2, 0.25) is 11.0 Å². The van der Waals surface area contributed by atoms with Gasteiger partial charge in [-0.05, 0) is 24.5 Å². The summed E-state index contributed by atoms with van der Waals surface area (Å²) in [5, 5.41) is 10.4. The highest BCUT2D eigenvalue weighted by molar-refractivity contribution is 8.00. The van der Waals surface area contributed by atoms with Crippen LogP contribution in [0.1, 0.15) is 31.7 Å². The molecule has 1 aliphatic carbocycles. The van der Waals surface area contributed by atoms with Crippen molar-refractivity contribution in [2.75, 3.05) is 4.90 Å². The van der Waals surface area contributed by atoms with E-state index in [-0.39, 0.29) is 5.91 Å². The molecule has 25 heavy (non-hydrogen) atoms. The van der Waals surface area contributed by atoms with Crippen LogP contribution in [0.15, 0.2) is 40.9 Å². The molecule has 1 aromatic carbocycles. The van der Waals surface area contributed by atoms with E-state index in [0.717, 1.165) is 39.0 Å². The summed E-state index contributed by atoms with van der Waals surface area (Å²) in [6.45, 7) is 1.89. The predicted octanol–water partition coefficient (Wildman–Crippen LogP) is 4.28. The number of pyridine rings is 1. The molecule has 4 rings (SSSR count). The molecule has 0 aliphatic heterocycles. The van der Waals surface area contributed by atoms with Crippen LogP contribution in [0.2, 0.25) is 0 Å². The fourth-order valence-electron chi connectivity index (χ4n) is 2.75. The molecule has 1 fully saturated rings.